The quantitative estimate of drug-likeness (QED) is 0.822. The number of aliphatic hydroxyl groups is 1. The maximum Gasteiger partial charge on any atom is 0.124 e. The lowest BCUT2D eigenvalue weighted by Gasteiger charge is -2.22. The zero-order valence-electron chi connectivity index (χ0n) is 9.50. The van der Waals surface area contributed by atoms with Crippen LogP contribution < -0.4 is 5.32 Å². The standard InChI is InChI=1S/C13H15N3O/c17-9-10-7-14-13-6-12(15-16(13)8-10)11-4-2-1-3-5-11/h1-6,10,14,17H,7-9H2. The molecule has 1 aromatic heterocycles. The summed E-state index contributed by atoms with van der Waals surface area (Å²) >= 11 is 0. The minimum Gasteiger partial charge on any atom is -0.396 e. The number of nitrogens with zero attached hydrogens (tertiary/aromatic N) is 2. The van der Waals surface area contributed by atoms with Crippen LogP contribution in [-0.2, 0) is 6.54 Å². The average Bonchev–Trinajstić information content (AvgIpc) is 2.82. The van der Waals surface area contributed by atoms with Gasteiger partial charge in [-0.05, 0) is 0 Å². The molecule has 1 aliphatic rings. The first-order valence-corrected chi connectivity index (χ1v) is 5.85. The van der Waals surface area contributed by atoms with Gasteiger partial charge in [0.15, 0.2) is 0 Å². The van der Waals surface area contributed by atoms with Crippen molar-refractivity contribution < 1.29 is 5.11 Å². The van der Waals surface area contributed by atoms with Gasteiger partial charge in [0.25, 0.3) is 0 Å². The van der Waals surface area contributed by atoms with Crippen molar-refractivity contribution in [3.8, 4) is 11.3 Å². The molecule has 1 aromatic carbocycles. The third-order valence-corrected chi connectivity index (χ3v) is 3.11. The van der Waals surface area contributed by atoms with Gasteiger partial charge in [0.05, 0.1) is 5.69 Å². The molecule has 2 heterocycles. The van der Waals surface area contributed by atoms with Crippen molar-refractivity contribution in [3.05, 3.63) is 36.4 Å². The van der Waals surface area contributed by atoms with Gasteiger partial charge in [-0.25, -0.2) is 4.68 Å². The van der Waals surface area contributed by atoms with Crippen LogP contribution in [0.1, 0.15) is 0 Å². The lowest BCUT2D eigenvalue weighted by Crippen LogP contribution is -2.29. The monoisotopic (exact) mass is 229 g/mol. The second-order valence-electron chi connectivity index (χ2n) is 4.39. The molecule has 0 fully saturated rings. The molecule has 88 valence electrons. The highest BCUT2D eigenvalue weighted by Crippen LogP contribution is 2.24. The van der Waals surface area contributed by atoms with Gasteiger partial charge in [0.2, 0.25) is 0 Å². The van der Waals surface area contributed by atoms with Gasteiger partial charge in [0, 0.05) is 37.2 Å². The number of hydrogen-bond donors (Lipinski definition) is 2. The summed E-state index contributed by atoms with van der Waals surface area (Å²) in [7, 11) is 0. The molecule has 1 aliphatic heterocycles. The Labute approximate surface area is 99.9 Å². The summed E-state index contributed by atoms with van der Waals surface area (Å²) in [5.74, 6) is 1.29. The van der Waals surface area contributed by atoms with E-state index in [1.807, 2.05) is 22.9 Å². The van der Waals surface area contributed by atoms with Crippen LogP contribution in [0, 0.1) is 5.92 Å². The van der Waals surface area contributed by atoms with Gasteiger partial charge in [-0.1, -0.05) is 30.3 Å². The van der Waals surface area contributed by atoms with E-state index in [9.17, 15) is 0 Å². The molecule has 3 rings (SSSR count). The smallest absolute Gasteiger partial charge is 0.124 e. The minimum atomic E-state index is 0.201. The first-order valence-electron chi connectivity index (χ1n) is 5.85. The third-order valence-electron chi connectivity index (χ3n) is 3.11. The predicted octanol–water partition coefficient (Wildman–Crippen LogP) is 1.58. The Balaban J connectivity index is 1.93. The molecule has 0 saturated heterocycles. The van der Waals surface area contributed by atoms with E-state index in [-0.39, 0.29) is 12.5 Å². The molecule has 4 nitrogen and oxygen atoms in total. The van der Waals surface area contributed by atoms with Gasteiger partial charge in [-0.2, -0.15) is 5.10 Å². The summed E-state index contributed by atoms with van der Waals surface area (Å²) in [5, 5.41) is 17.0. The van der Waals surface area contributed by atoms with Gasteiger partial charge >= 0.3 is 0 Å². The van der Waals surface area contributed by atoms with Crippen LogP contribution in [0.2, 0.25) is 0 Å². The first-order chi connectivity index (χ1) is 8.36. The zero-order chi connectivity index (χ0) is 11.7. The summed E-state index contributed by atoms with van der Waals surface area (Å²) in [5.41, 5.74) is 2.10. The second-order valence-corrected chi connectivity index (χ2v) is 4.39. The maximum absolute atomic E-state index is 9.16. The number of anilines is 1. The second kappa shape index (κ2) is 4.22. The van der Waals surface area contributed by atoms with Crippen molar-refractivity contribution in [2.45, 2.75) is 6.54 Å². The fraction of sp³-hybridized carbons (Fsp3) is 0.308. The average molecular weight is 229 g/mol. The predicted molar refractivity (Wildman–Crippen MR) is 66.7 cm³/mol. The van der Waals surface area contributed by atoms with E-state index in [2.05, 4.69) is 28.6 Å². The topological polar surface area (TPSA) is 50.1 Å². The Hall–Kier alpha value is -1.81. The highest BCUT2D eigenvalue weighted by molar-refractivity contribution is 5.63. The Kier molecular flexibility index (Phi) is 2.57. The number of benzene rings is 1. The summed E-state index contributed by atoms with van der Waals surface area (Å²) < 4.78 is 1.94. The molecule has 0 aliphatic carbocycles. The molecule has 2 N–H and O–H groups in total. The third kappa shape index (κ3) is 1.91. The minimum absolute atomic E-state index is 0.201. The van der Waals surface area contributed by atoms with Crippen LogP contribution in [0.5, 0.6) is 0 Å². The number of nitrogens with one attached hydrogen (secondary N) is 1. The maximum atomic E-state index is 9.16. The Morgan fingerprint density at radius 1 is 1.35 bits per heavy atom. The van der Waals surface area contributed by atoms with E-state index >= 15 is 0 Å². The number of rotatable bonds is 2. The van der Waals surface area contributed by atoms with Crippen molar-refractivity contribution in [3.63, 3.8) is 0 Å². The van der Waals surface area contributed by atoms with Crippen molar-refractivity contribution in [2.75, 3.05) is 18.5 Å². The van der Waals surface area contributed by atoms with Crippen LogP contribution in [0.25, 0.3) is 11.3 Å². The highest BCUT2D eigenvalue weighted by atomic mass is 16.3. The largest absolute Gasteiger partial charge is 0.396 e. The van der Waals surface area contributed by atoms with E-state index < -0.39 is 0 Å². The molecule has 0 amide bonds. The SMILES string of the molecule is OCC1CNc2cc(-c3ccccc3)nn2C1. The van der Waals surface area contributed by atoms with Crippen LogP contribution in [0.3, 0.4) is 0 Å². The number of aliphatic hydroxyl groups excluding tert-OH is 1. The molecule has 0 bridgehead atoms. The highest BCUT2D eigenvalue weighted by Gasteiger charge is 2.19. The lowest BCUT2D eigenvalue weighted by atomic mass is 10.1. The summed E-state index contributed by atoms with van der Waals surface area (Å²) in [4.78, 5) is 0. The lowest BCUT2D eigenvalue weighted by molar-refractivity contribution is 0.209. The Morgan fingerprint density at radius 2 is 2.18 bits per heavy atom. The van der Waals surface area contributed by atoms with E-state index in [1.165, 1.54) is 0 Å². The van der Waals surface area contributed by atoms with E-state index in [4.69, 9.17) is 5.11 Å². The van der Waals surface area contributed by atoms with Gasteiger partial charge in [-0.15, -0.1) is 0 Å². The number of hydrogen-bond acceptors (Lipinski definition) is 3. The molecule has 1 atom stereocenters. The fourth-order valence-electron chi connectivity index (χ4n) is 2.13. The van der Waals surface area contributed by atoms with Crippen molar-refractivity contribution in [1.29, 1.82) is 0 Å². The van der Waals surface area contributed by atoms with Gasteiger partial charge in [-0.3, -0.25) is 0 Å². The van der Waals surface area contributed by atoms with Crippen molar-refractivity contribution >= 4 is 5.82 Å². The summed E-state index contributed by atoms with van der Waals surface area (Å²) in [6, 6.07) is 12.2. The Bertz CT molecular complexity index is 507. The van der Waals surface area contributed by atoms with E-state index in [1.54, 1.807) is 0 Å². The van der Waals surface area contributed by atoms with Gasteiger partial charge < -0.3 is 10.4 Å². The van der Waals surface area contributed by atoms with Gasteiger partial charge in [0.1, 0.15) is 5.82 Å². The molecule has 0 spiro atoms. The Morgan fingerprint density at radius 3 is 2.94 bits per heavy atom. The molecule has 2 aromatic rings. The molecule has 1 unspecified atom stereocenters. The molecule has 0 radical (unpaired) electrons. The van der Waals surface area contributed by atoms with E-state index in [0.29, 0.717) is 0 Å². The molecule has 0 saturated carbocycles. The first kappa shape index (κ1) is 10.4. The van der Waals surface area contributed by atoms with Crippen LogP contribution in [-0.4, -0.2) is 28.0 Å². The van der Waals surface area contributed by atoms with Crippen LogP contribution in [0.4, 0.5) is 5.82 Å². The van der Waals surface area contributed by atoms with Crippen LogP contribution >= 0.6 is 0 Å². The summed E-state index contributed by atoms with van der Waals surface area (Å²) in [6.07, 6.45) is 0. The zero-order valence-corrected chi connectivity index (χ0v) is 9.50. The fourth-order valence-corrected chi connectivity index (χ4v) is 2.13. The molecular weight excluding hydrogens is 214 g/mol. The van der Waals surface area contributed by atoms with Crippen molar-refractivity contribution in [2.24, 2.45) is 5.92 Å². The number of aromatic nitrogens is 2. The normalized spacial score (nSPS) is 18.5. The summed E-state index contributed by atoms with van der Waals surface area (Å²) in [6.45, 7) is 1.80. The molecular formula is C13H15N3O. The molecule has 4 heteroatoms. The van der Waals surface area contributed by atoms with Crippen molar-refractivity contribution in [1.82, 2.24) is 9.78 Å². The van der Waals surface area contributed by atoms with E-state index in [0.717, 1.165) is 30.2 Å². The molecule has 17 heavy (non-hydrogen) atoms. The van der Waals surface area contributed by atoms with Crippen LogP contribution in [0.15, 0.2) is 36.4 Å². The number of fused-ring (bicyclic) bond motifs is 1.